The summed E-state index contributed by atoms with van der Waals surface area (Å²) >= 11 is 0. The first-order chi connectivity index (χ1) is 32.7. The Hall–Kier alpha value is -6.17. The number of rotatable bonds is 4. The van der Waals surface area contributed by atoms with E-state index in [9.17, 15) is 13.2 Å². The number of hydroxylamine groups is 4. The molecule has 2 aliphatic heterocycles. The van der Waals surface area contributed by atoms with Crippen molar-refractivity contribution < 1.29 is 22.8 Å². The lowest BCUT2D eigenvalue weighted by molar-refractivity contribution is -0.224. The summed E-state index contributed by atoms with van der Waals surface area (Å²) in [5.74, 6) is 1.11. The number of nitrogens with two attached hydrogens (primary N) is 2. The van der Waals surface area contributed by atoms with E-state index in [1.54, 1.807) is 23.2 Å². The number of benzene rings is 5. The summed E-state index contributed by atoms with van der Waals surface area (Å²) in [5.41, 5.74) is 26.0. The van der Waals surface area contributed by atoms with Crippen LogP contribution >= 0.6 is 0 Å². The van der Waals surface area contributed by atoms with E-state index >= 15 is 0 Å². The fraction of sp³-hybridized carbons (Fsp3) is 0.368. The number of aliphatic imine (C=N–C) groups is 2. The molecule has 4 atom stereocenters. The number of hydrogen-bond donors (Lipinski definition) is 2. The molecule has 68 heavy (non-hydrogen) atoms. The van der Waals surface area contributed by atoms with E-state index in [-0.39, 0.29) is 5.41 Å². The largest absolute Gasteiger partial charge is 0.416 e. The van der Waals surface area contributed by atoms with Crippen LogP contribution in [0.2, 0.25) is 0 Å². The van der Waals surface area contributed by atoms with Gasteiger partial charge in [-0.15, -0.1) is 0 Å². The molecule has 4 unspecified atom stereocenters. The second-order valence-corrected chi connectivity index (χ2v) is 20.7. The summed E-state index contributed by atoms with van der Waals surface area (Å²) < 4.78 is 41.3. The molecule has 0 amide bonds. The molecule has 0 radical (unpaired) electrons. The fourth-order valence-corrected chi connectivity index (χ4v) is 13.1. The Labute approximate surface area is 396 Å². The van der Waals surface area contributed by atoms with Crippen molar-refractivity contribution in [2.75, 3.05) is 14.1 Å². The molecular formula is C57H57F3N6O2. The highest BCUT2D eigenvalue weighted by molar-refractivity contribution is 5.81. The molecule has 0 saturated carbocycles. The SMILES string of the molecule is CC1CC=C(c2ccc3c(c2)C2(N=C(N)N(C)O2)C2(CCc4ccccc4CC2)C3)C=C1Cc1ccc2c(c1)CCC1(CC2)Cc2ccc(-c3cccc(C(F)(F)F)c3)cc2C12N=C(N)N(C)O2. The number of fused-ring (bicyclic) bond motifs is 8. The van der Waals surface area contributed by atoms with Crippen LogP contribution in [-0.2, 0) is 72.2 Å². The highest BCUT2D eigenvalue weighted by Gasteiger charge is 2.64. The van der Waals surface area contributed by atoms with Crippen molar-refractivity contribution in [1.82, 2.24) is 10.1 Å². The fourth-order valence-electron chi connectivity index (χ4n) is 13.1. The van der Waals surface area contributed by atoms with E-state index in [4.69, 9.17) is 31.1 Å². The van der Waals surface area contributed by atoms with E-state index in [1.807, 2.05) is 25.2 Å². The molecule has 11 heteroatoms. The van der Waals surface area contributed by atoms with Gasteiger partial charge in [-0.1, -0.05) is 104 Å². The molecule has 0 fully saturated rings. The van der Waals surface area contributed by atoms with Gasteiger partial charge in [-0.3, -0.25) is 0 Å². The van der Waals surface area contributed by atoms with Crippen molar-refractivity contribution in [3.05, 3.63) is 182 Å². The zero-order chi connectivity index (χ0) is 46.8. The van der Waals surface area contributed by atoms with Gasteiger partial charge < -0.3 is 11.5 Å². The maximum absolute atomic E-state index is 13.8. The third-order valence-electron chi connectivity index (χ3n) is 17.0. The topological polar surface area (TPSA) is 102 Å². The molecule has 12 rings (SSSR count). The van der Waals surface area contributed by atoms with Crippen molar-refractivity contribution in [3.63, 3.8) is 0 Å². The van der Waals surface area contributed by atoms with Crippen LogP contribution in [0.4, 0.5) is 13.2 Å². The van der Waals surface area contributed by atoms with E-state index in [0.717, 1.165) is 99.8 Å². The average molecular weight is 915 g/mol. The lowest BCUT2D eigenvalue weighted by Gasteiger charge is -2.40. The molecule has 4 N–H and O–H groups in total. The lowest BCUT2D eigenvalue weighted by Crippen LogP contribution is -2.43. The molecule has 0 aromatic heterocycles. The second-order valence-electron chi connectivity index (χ2n) is 20.7. The lowest BCUT2D eigenvalue weighted by atomic mass is 9.71. The molecule has 0 bridgehead atoms. The molecule has 0 saturated heterocycles. The van der Waals surface area contributed by atoms with E-state index in [0.29, 0.717) is 29.0 Å². The van der Waals surface area contributed by atoms with E-state index in [1.165, 1.54) is 62.2 Å². The predicted molar refractivity (Wildman–Crippen MR) is 260 cm³/mol. The van der Waals surface area contributed by atoms with Gasteiger partial charge in [0, 0.05) is 36.1 Å². The molecule has 4 spiro atoms. The van der Waals surface area contributed by atoms with Gasteiger partial charge in [0.2, 0.25) is 23.4 Å². The quantitative estimate of drug-likeness (QED) is 0.186. The molecule has 7 aliphatic rings. The Bertz CT molecular complexity index is 3020. The third-order valence-corrected chi connectivity index (χ3v) is 17.0. The zero-order valence-electron chi connectivity index (χ0n) is 38.9. The normalized spacial score (nSPS) is 26.8. The van der Waals surface area contributed by atoms with Crippen molar-refractivity contribution in [2.45, 2.75) is 102 Å². The molecule has 5 aromatic carbocycles. The zero-order valence-corrected chi connectivity index (χ0v) is 38.9. The highest BCUT2D eigenvalue weighted by Crippen LogP contribution is 2.63. The van der Waals surface area contributed by atoms with Gasteiger partial charge in [0.15, 0.2) is 0 Å². The summed E-state index contributed by atoms with van der Waals surface area (Å²) in [4.78, 5) is 23.9. The molecule has 8 nitrogen and oxygen atoms in total. The van der Waals surface area contributed by atoms with Gasteiger partial charge in [-0.2, -0.15) is 13.2 Å². The molecular weight excluding hydrogens is 858 g/mol. The summed E-state index contributed by atoms with van der Waals surface area (Å²) in [6.45, 7) is 2.33. The van der Waals surface area contributed by atoms with Crippen LogP contribution < -0.4 is 11.5 Å². The molecule has 348 valence electrons. The number of allylic oxidation sites excluding steroid dienone is 4. The molecule has 5 aliphatic carbocycles. The van der Waals surface area contributed by atoms with Crippen molar-refractivity contribution in [3.8, 4) is 11.1 Å². The highest BCUT2D eigenvalue weighted by atomic mass is 19.4. The van der Waals surface area contributed by atoms with E-state index < -0.39 is 28.6 Å². The van der Waals surface area contributed by atoms with Gasteiger partial charge in [-0.25, -0.2) is 29.8 Å². The molecule has 2 heterocycles. The van der Waals surface area contributed by atoms with Crippen LogP contribution in [0.25, 0.3) is 16.7 Å². The first-order valence-corrected chi connectivity index (χ1v) is 24.3. The van der Waals surface area contributed by atoms with Crippen LogP contribution in [0.1, 0.15) is 100 Å². The Morgan fingerprint density at radius 2 is 1.15 bits per heavy atom. The summed E-state index contributed by atoms with van der Waals surface area (Å²) in [6, 6.07) is 34.3. The standard InChI is InChI=1S/C57H57F3N6O2/c1-35-11-13-41(43-16-18-46-33-53(23-19-37-7-4-5-8-38(37)20-24-53)55(50(46)32-43)63-51(61)65(2)67-55)29-47(35)28-36-12-14-39-21-25-54(26-22-44(39)27-36)34-45-17-15-42(40-9-6-10-48(30-40)57(58,59)60)31-49(45)56(54)64-52(62)66(3)68-56/h4-10,12-18,27,29-32,35H,11,19-26,28,33-34H2,1-3H3,(H2,61,63)(H2,62,64). The minimum absolute atomic E-state index is 0.216. The van der Waals surface area contributed by atoms with Gasteiger partial charge in [0.25, 0.3) is 0 Å². The monoisotopic (exact) mass is 914 g/mol. The van der Waals surface area contributed by atoms with Crippen LogP contribution in [0.3, 0.4) is 0 Å². The van der Waals surface area contributed by atoms with Crippen molar-refractivity contribution >= 4 is 17.5 Å². The van der Waals surface area contributed by atoms with Crippen molar-refractivity contribution in [2.24, 2.45) is 38.2 Å². The van der Waals surface area contributed by atoms with Crippen LogP contribution in [0.15, 0.2) is 131 Å². The average Bonchev–Trinajstić information content (AvgIpc) is 3.88. The maximum Gasteiger partial charge on any atom is 0.416 e. The first-order valence-electron chi connectivity index (χ1n) is 24.3. The Morgan fingerprint density at radius 3 is 1.72 bits per heavy atom. The molecule has 5 aromatic rings. The van der Waals surface area contributed by atoms with Gasteiger partial charge in [0.05, 0.1) is 5.56 Å². The van der Waals surface area contributed by atoms with Gasteiger partial charge >= 0.3 is 6.18 Å². The van der Waals surface area contributed by atoms with Crippen LogP contribution in [0, 0.1) is 16.7 Å². The van der Waals surface area contributed by atoms with Crippen LogP contribution in [0.5, 0.6) is 0 Å². The number of aryl methyl sites for hydroxylation is 4. The minimum Gasteiger partial charge on any atom is -0.368 e. The first kappa shape index (κ1) is 43.1. The number of nitrogens with zero attached hydrogens (tertiary/aromatic N) is 4. The number of halogens is 3. The second kappa shape index (κ2) is 15.4. The number of guanidine groups is 2. The Kier molecular flexibility index (Phi) is 9.78. The summed E-state index contributed by atoms with van der Waals surface area (Å²) in [5, 5.41) is 3.21. The Morgan fingerprint density at radius 1 is 0.618 bits per heavy atom. The van der Waals surface area contributed by atoms with Gasteiger partial charge in [-0.05, 0) is 168 Å². The number of alkyl halides is 3. The van der Waals surface area contributed by atoms with Crippen LogP contribution in [-0.4, -0.2) is 36.1 Å². The van der Waals surface area contributed by atoms with Crippen molar-refractivity contribution in [1.29, 1.82) is 0 Å². The van der Waals surface area contributed by atoms with E-state index in [2.05, 4.69) is 79.7 Å². The third kappa shape index (κ3) is 6.62. The summed E-state index contributed by atoms with van der Waals surface area (Å²) in [7, 11) is 3.65. The Balaban J connectivity index is 0.812. The summed E-state index contributed by atoms with van der Waals surface area (Å²) in [6.07, 6.45) is 11.1. The number of hydrogen-bond acceptors (Lipinski definition) is 8. The van der Waals surface area contributed by atoms with Gasteiger partial charge in [0.1, 0.15) is 0 Å². The predicted octanol–water partition coefficient (Wildman–Crippen LogP) is 10.9. The minimum atomic E-state index is -4.44. The maximum atomic E-state index is 13.8. The smallest absolute Gasteiger partial charge is 0.368 e.